The van der Waals surface area contributed by atoms with Gasteiger partial charge in [-0.05, 0) is 101 Å². The molecule has 0 fully saturated rings. The van der Waals surface area contributed by atoms with Gasteiger partial charge in [-0.1, -0.05) is 140 Å². The lowest BCUT2D eigenvalue weighted by molar-refractivity contribution is 1.08. The lowest BCUT2D eigenvalue weighted by atomic mass is 9.96. The van der Waals surface area contributed by atoms with Crippen LogP contribution >= 0.6 is 0 Å². The highest BCUT2D eigenvalue weighted by atomic mass is 15.0. The molecule has 10 aromatic rings. The van der Waals surface area contributed by atoms with E-state index in [0.29, 0.717) is 17.5 Å². The van der Waals surface area contributed by atoms with Crippen molar-refractivity contribution in [2.24, 2.45) is 0 Å². The molecular formula is C47H29N3. The molecule has 0 radical (unpaired) electrons. The van der Waals surface area contributed by atoms with Gasteiger partial charge in [-0.3, -0.25) is 0 Å². The van der Waals surface area contributed by atoms with Gasteiger partial charge in [0, 0.05) is 16.7 Å². The smallest absolute Gasteiger partial charge is 0.164 e. The molecule has 0 unspecified atom stereocenters. The number of benzene rings is 9. The largest absolute Gasteiger partial charge is 0.208 e. The van der Waals surface area contributed by atoms with E-state index >= 15 is 0 Å². The number of hydrogen-bond acceptors (Lipinski definition) is 3. The fourth-order valence-electron chi connectivity index (χ4n) is 7.18. The second-order valence-corrected chi connectivity index (χ2v) is 12.9. The minimum atomic E-state index is 0.649. The zero-order valence-electron chi connectivity index (χ0n) is 27.1. The molecule has 0 saturated heterocycles. The van der Waals surface area contributed by atoms with E-state index < -0.39 is 0 Å². The molecule has 0 saturated carbocycles. The Balaban J connectivity index is 1.17. The van der Waals surface area contributed by atoms with Gasteiger partial charge in [0.05, 0.1) is 0 Å². The number of hydrogen-bond donors (Lipinski definition) is 0. The quantitative estimate of drug-likeness (QED) is 0.181. The maximum Gasteiger partial charge on any atom is 0.164 e. The molecule has 1 aromatic heterocycles. The fourth-order valence-corrected chi connectivity index (χ4v) is 7.18. The van der Waals surface area contributed by atoms with Crippen LogP contribution in [0.15, 0.2) is 176 Å². The molecule has 0 bridgehead atoms. The van der Waals surface area contributed by atoms with E-state index in [4.69, 9.17) is 15.0 Å². The maximum atomic E-state index is 5.20. The van der Waals surface area contributed by atoms with E-state index in [0.717, 1.165) is 43.8 Å². The molecular weight excluding hydrogens is 607 g/mol. The molecule has 0 aliphatic carbocycles. The summed E-state index contributed by atoms with van der Waals surface area (Å²) < 4.78 is 0. The van der Waals surface area contributed by atoms with Crippen LogP contribution in [-0.4, -0.2) is 15.0 Å². The third-order valence-electron chi connectivity index (χ3n) is 9.81. The third kappa shape index (κ3) is 4.96. The van der Waals surface area contributed by atoms with Crippen LogP contribution in [0, 0.1) is 0 Å². The standard InChI is InChI=1S/C47H29N3/c1-3-10-33-24-37(19-16-30(33)8-1)39-20-18-32-14-7-15-43(44(32)29-39)47-49-45(40-22-17-31-9-2-4-11-34(31)26-40)48-46(50-47)41-23-21-38-25-35-12-5-6-13-36(35)27-42(38)28-41/h1-29H. The molecule has 3 nitrogen and oxygen atoms in total. The predicted molar refractivity (Wildman–Crippen MR) is 209 cm³/mol. The van der Waals surface area contributed by atoms with E-state index in [-0.39, 0.29) is 0 Å². The Bertz CT molecular complexity index is 2940. The molecule has 0 atom stereocenters. The van der Waals surface area contributed by atoms with E-state index in [2.05, 4.69) is 176 Å². The topological polar surface area (TPSA) is 38.7 Å². The molecule has 0 aliphatic rings. The normalized spacial score (nSPS) is 11.6. The highest BCUT2D eigenvalue weighted by molar-refractivity contribution is 6.01. The average Bonchev–Trinajstić information content (AvgIpc) is 3.18. The SMILES string of the molecule is c1ccc2cc(-c3ccc4cccc(-c5nc(-c6ccc7ccccc7c6)nc(-c6ccc7cc8ccccc8cc7c6)n5)c4c3)ccc2c1. The van der Waals surface area contributed by atoms with Crippen molar-refractivity contribution in [3.05, 3.63) is 176 Å². The zero-order chi connectivity index (χ0) is 33.0. The Morgan fingerprint density at radius 2 is 0.640 bits per heavy atom. The number of aromatic nitrogens is 3. The third-order valence-corrected chi connectivity index (χ3v) is 9.81. The van der Waals surface area contributed by atoms with E-state index in [9.17, 15) is 0 Å². The summed E-state index contributed by atoms with van der Waals surface area (Å²) in [6.45, 7) is 0. The average molecular weight is 636 g/mol. The second kappa shape index (κ2) is 11.5. The molecule has 10 rings (SSSR count). The van der Waals surface area contributed by atoms with Crippen LogP contribution in [0.2, 0.25) is 0 Å². The van der Waals surface area contributed by atoms with Crippen molar-refractivity contribution in [3.63, 3.8) is 0 Å². The molecule has 0 spiro atoms. The van der Waals surface area contributed by atoms with Crippen LogP contribution in [0.1, 0.15) is 0 Å². The Kier molecular flexibility index (Phi) is 6.49. The molecule has 3 heteroatoms. The van der Waals surface area contributed by atoms with Gasteiger partial charge in [0.1, 0.15) is 0 Å². The van der Waals surface area contributed by atoms with Crippen molar-refractivity contribution in [1.82, 2.24) is 15.0 Å². The van der Waals surface area contributed by atoms with E-state index in [1.165, 1.54) is 37.9 Å². The van der Waals surface area contributed by atoms with E-state index in [1.807, 2.05) is 0 Å². The number of rotatable bonds is 4. The summed E-state index contributed by atoms with van der Waals surface area (Å²) in [4.78, 5) is 15.5. The van der Waals surface area contributed by atoms with Crippen molar-refractivity contribution in [1.29, 1.82) is 0 Å². The van der Waals surface area contributed by atoms with Crippen molar-refractivity contribution >= 4 is 53.9 Å². The van der Waals surface area contributed by atoms with Crippen LogP contribution in [-0.2, 0) is 0 Å². The summed E-state index contributed by atoms with van der Waals surface area (Å²) in [5.74, 6) is 1.95. The number of nitrogens with zero attached hydrogens (tertiary/aromatic N) is 3. The van der Waals surface area contributed by atoms with Crippen LogP contribution in [0.3, 0.4) is 0 Å². The van der Waals surface area contributed by atoms with Crippen LogP contribution < -0.4 is 0 Å². The van der Waals surface area contributed by atoms with Gasteiger partial charge < -0.3 is 0 Å². The van der Waals surface area contributed by atoms with Gasteiger partial charge in [-0.25, -0.2) is 15.0 Å². The van der Waals surface area contributed by atoms with Crippen molar-refractivity contribution in [2.45, 2.75) is 0 Å². The van der Waals surface area contributed by atoms with Crippen molar-refractivity contribution in [3.8, 4) is 45.3 Å². The maximum absolute atomic E-state index is 5.20. The van der Waals surface area contributed by atoms with Crippen LogP contribution in [0.5, 0.6) is 0 Å². The number of fused-ring (bicyclic) bond motifs is 5. The summed E-state index contributed by atoms with van der Waals surface area (Å²) >= 11 is 0. The minimum absolute atomic E-state index is 0.649. The Labute approximate surface area is 289 Å². The summed E-state index contributed by atoms with van der Waals surface area (Å²) in [5.41, 5.74) is 5.22. The van der Waals surface area contributed by atoms with Gasteiger partial charge in [0.2, 0.25) is 0 Å². The van der Waals surface area contributed by atoms with Crippen LogP contribution in [0.25, 0.3) is 99.2 Å². The molecule has 50 heavy (non-hydrogen) atoms. The molecule has 0 amide bonds. The first kappa shape index (κ1) is 28.3. The van der Waals surface area contributed by atoms with Crippen molar-refractivity contribution in [2.75, 3.05) is 0 Å². The zero-order valence-corrected chi connectivity index (χ0v) is 27.1. The lowest BCUT2D eigenvalue weighted by Crippen LogP contribution is -2.00. The predicted octanol–water partition coefficient (Wildman–Crippen LogP) is 12.3. The second-order valence-electron chi connectivity index (χ2n) is 12.9. The van der Waals surface area contributed by atoms with E-state index in [1.54, 1.807) is 0 Å². The molecule has 0 N–H and O–H groups in total. The highest BCUT2D eigenvalue weighted by Crippen LogP contribution is 2.35. The van der Waals surface area contributed by atoms with Gasteiger partial charge in [-0.15, -0.1) is 0 Å². The van der Waals surface area contributed by atoms with Gasteiger partial charge >= 0.3 is 0 Å². The first-order valence-corrected chi connectivity index (χ1v) is 16.9. The molecule has 9 aromatic carbocycles. The highest BCUT2D eigenvalue weighted by Gasteiger charge is 2.16. The Morgan fingerprint density at radius 1 is 0.240 bits per heavy atom. The first-order valence-electron chi connectivity index (χ1n) is 16.9. The Morgan fingerprint density at radius 3 is 1.28 bits per heavy atom. The first-order chi connectivity index (χ1) is 24.7. The lowest BCUT2D eigenvalue weighted by Gasteiger charge is -2.12. The minimum Gasteiger partial charge on any atom is -0.208 e. The molecule has 1 heterocycles. The van der Waals surface area contributed by atoms with Gasteiger partial charge in [-0.2, -0.15) is 0 Å². The van der Waals surface area contributed by atoms with Crippen molar-refractivity contribution < 1.29 is 0 Å². The molecule has 0 aliphatic heterocycles. The van der Waals surface area contributed by atoms with Gasteiger partial charge in [0.25, 0.3) is 0 Å². The van der Waals surface area contributed by atoms with Gasteiger partial charge in [0.15, 0.2) is 17.5 Å². The molecule has 232 valence electrons. The summed E-state index contributed by atoms with van der Waals surface area (Å²) in [7, 11) is 0. The Hall–Kier alpha value is -6.71. The fraction of sp³-hybridized carbons (Fsp3) is 0. The summed E-state index contributed by atoms with van der Waals surface area (Å²) in [6, 6.07) is 62.5. The van der Waals surface area contributed by atoms with Crippen LogP contribution in [0.4, 0.5) is 0 Å². The summed E-state index contributed by atoms with van der Waals surface area (Å²) in [5, 5.41) is 11.8. The monoisotopic (exact) mass is 635 g/mol. The summed E-state index contributed by atoms with van der Waals surface area (Å²) in [6.07, 6.45) is 0.